The summed E-state index contributed by atoms with van der Waals surface area (Å²) in [6, 6.07) is 6.28. The van der Waals surface area contributed by atoms with Crippen LogP contribution in [0.25, 0.3) is 0 Å². The Bertz CT molecular complexity index is 448. The van der Waals surface area contributed by atoms with Gasteiger partial charge >= 0.3 is 0 Å². The molecular weight excluding hydrogens is 302 g/mol. The summed E-state index contributed by atoms with van der Waals surface area (Å²) >= 11 is 3.55. The van der Waals surface area contributed by atoms with Gasteiger partial charge in [0.15, 0.2) is 0 Å². The van der Waals surface area contributed by atoms with Crippen molar-refractivity contribution in [1.29, 1.82) is 0 Å². The minimum Gasteiger partial charge on any atom is -0.496 e. The fourth-order valence-corrected chi connectivity index (χ4v) is 3.81. The number of methoxy groups -OCH3 is 1. The van der Waals surface area contributed by atoms with Gasteiger partial charge in [0, 0.05) is 5.54 Å². The molecule has 0 saturated heterocycles. The van der Waals surface area contributed by atoms with E-state index in [4.69, 9.17) is 10.5 Å². The summed E-state index contributed by atoms with van der Waals surface area (Å²) in [6.07, 6.45) is 4.63. The van der Waals surface area contributed by atoms with Crippen molar-refractivity contribution in [1.82, 2.24) is 0 Å². The van der Waals surface area contributed by atoms with E-state index >= 15 is 0 Å². The lowest BCUT2D eigenvalue weighted by Gasteiger charge is -2.42. The molecule has 3 heteroatoms. The Balaban J connectivity index is 2.17. The van der Waals surface area contributed by atoms with Crippen molar-refractivity contribution >= 4 is 15.9 Å². The zero-order valence-electron chi connectivity index (χ0n) is 12.1. The first kappa shape index (κ1) is 14.9. The highest BCUT2D eigenvalue weighted by Gasteiger charge is 2.37. The first-order valence-corrected chi connectivity index (χ1v) is 7.85. The van der Waals surface area contributed by atoms with Gasteiger partial charge in [-0.1, -0.05) is 26.3 Å². The molecule has 2 nitrogen and oxygen atoms in total. The molecule has 0 spiro atoms. The van der Waals surface area contributed by atoms with Crippen molar-refractivity contribution in [3.8, 4) is 5.75 Å². The Hall–Kier alpha value is -0.540. The maximum Gasteiger partial charge on any atom is 0.133 e. The number of hydrogen-bond acceptors (Lipinski definition) is 2. The number of halogens is 1. The predicted molar refractivity (Wildman–Crippen MR) is 83.5 cm³/mol. The second-order valence-corrected chi connectivity index (χ2v) is 7.02. The van der Waals surface area contributed by atoms with Crippen molar-refractivity contribution in [2.24, 2.45) is 17.6 Å². The minimum absolute atomic E-state index is 0.0638. The molecule has 19 heavy (non-hydrogen) atoms. The molecule has 1 saturated carbocycles. The highest BCUT2D eigenvalue weighted by Crippen LogP contribution is 2.38. The normalized spacial score (nSPS) is 31.2. The Kier molecular flexibility index (Phi) is 4.57. The van der Waals surface area contributed by atoms with E-state index in [2.05, 4.69) is 41.9 Å². The van der Waals surface area contributed by atoms with Gasteiger partial charge < -0.3 is 10.5 Å². The second-order valence-electron chi connectivity index (χ2n) is 6.17. The molecule has 1 aliphatic carbocycles. The smallest absolute Gasteiger partial charge is 0.133 e. The van der Waals surface area contributed by atoms with Crippen LogP contribution >= 0.6 is 15.9 Å². The molecule has 0 heterocycles. The highest BCUT2D eigenvalue weighted by atomic mass is 79.9. The average Bonchev–Trinajstić information content (AvgIpc) is 2.34. The first-order chi connectivity index (χ1) is 8.94. The summed E-state index contributed by atoms with van der Waals surface area (Å²) in [5.74, 6) is 2.20. The Morgan fingerprint density at radius 2 is 2.11 bits per heavy atom. The molecule has 1 aliphatic rings. The Labute approximate surface area is 124 Å². The lowest BCUT2D eigenvalue weighted by Crippen LogP contribution is -2.51. The zero-order valence-corrected chi connectivity index (χ0v) is 13.7. The second kappa shape index (κ2) is 5.84. The van der Waals surface area contributed by atoms with Crippen molar-refractivity contribution in [3.05, 3.63) is 28.2 Å². The predicted octanol–water partition coefficient (Wildman–Crippen LogP) is 4.15. The highest BCUT2D eigenvalue weighted by molar-refractivity contribution is 9.10. The quantitative estimate of drug-likeness (QED) is 0.905. The van der Waals surface area contributed by atoms with E-state index in [0.717, 1.165) is 29.0 Å². The van der Waals surface area contributed by atoms with Crippen LogP contribution in [0.1, 0.15) is 38.7 Å². The van der Waals surface area contributed by atoms with E-state index in [0.29, 0.717) is 5.92 Å². The standard InChI is InChI=1S/C16H24BrNO/c1-11-4-5-12(2)16(18,9-11)10-13-6-7-15(19-3)14(17)8-13/h6-8,11-12H,4-5,9-10,18H2,1-3H3. The molecule has 0 amide bonds. The molecule has 2 rings (SSSR count). The summed E-state index contributed by atoms with van der Waals surface area (Å²) in [7, 11) is 1.69. The summed E-state index contributed by atoms with van der Waals surface area (Å²) in [4.78, 5) is 0. The lowest BCUT2D eigenvalue weighted by atomic mass is 9.68. The number of benzene rings is 1. The topological polar surface area (TPSA) is 35.2 Å². The van der Waals surface area contributed by atoms with E-state index in [-0.39, 0.29) is 5.54 Å². The number of nitrogens with two attached hydrogens (primary N) is 1. The van der Waals surface area contributed by atoms with E-state index in [1.807, 2.05) is 6.07 Å². The van der Waals surface area contributed by atoms with Crippen molar-refractivity contribution in [2.45, 2.75) is 45.1 Å². The summed E-state index contributed by atoms with van der Waals surface area (Å²) in [5.41, 5.74) is 7.92. The number of hydrogen-bond donors (Lipinski definition) is 1. The van der Waals surface area contributed by atoms with Gasteiger partial charge in [0.05, 0.1) is 11.6 Å². The third-order valence-electron chi connectivity index (χ3n) is 4.55. The van der Waals surface area contributed by atoms with E-state index in [1.54, 1.807) is 7.11 Å². The monoisotopic (exact) mass is 325 g/mol. The van der Waals surface area contributed by atoms with Crippen LogP contribution in [-0.4, -0.2) is 12.6 Å². The largest absolute Gasteiger partial charge is 0.496 e. The minimum atomic E-state index is -0.0638. The van der Waals surface area contributed by atoms with Gasteiger partial charge in [0.25, 0.3) is 0 Å². The van der Waals surface area contributed by atoms with Crippen molar-refractivity contribution < 1.29 is 4.74 Å². The van der Waals surface area contributed by atoms with Gasteiger partial charge in [-0.3, -0.25) is 0 Å². The average molecular weight is 326 g/mol. The first-order valence-electron chi connectivity index (χ1n) is 7.06. The zero-order chi connectivity index (χ0) is 14.0. The van der Waals surface area contributed by atoms with Crippen LogP contribution < -0.4 is 10.5 Å². The lowest BCUT2D eigenvalue weighted by molar-refractivity contribution is 0.161. The SMILES string of the molecule is COc1ccc(CC2(N)CC(C)CCC2C)cc1Br. The number of rotatable bonds is 3. The third kappa shape index (κ3) is 3.32. The van der Waals surface area contributed by atoms with Gasteiger partial charge in [-0.2, -0.15) is 0 Å². The van der Waals surface area contributed by atoms with Crippen LogP contribution in [0.15, 0.2) is 22.7 Å². The number of ether oxygens (including phenoxy) is 1. The van der Waals surface area contributed by atoms with Gasteiger partial charge in [0.2, 0.25) is 0 Å². The molecule has 0 radical (unpaired) electrons. The maximum absolute atomic E-state index is 6.70. The Morgan fingerprint density at radius 3 is 2.74 bits per heavy atom. The van der Waals surface area contributed by atoms with Gasteiger partial charge in [-0.15, -0.1) is 0 Å². The molecule has 1 aromatic carbocycles. The molecule has 3 atom stereocenters. The van der Waals surface area contributed by atoms with E-state index in [9.17, 15) is 0 Å². The van der Waals surface area contributed by atoms with Crippen LogP contribution in [0.5, 0.6) is 5.75 Å². The summed E-state index contributed by atoms with van der Waals surface area (Å²) < 4.78 is 6.28. The van der Waals surface area contributed by atoms with Crippen molar-refractivity contribution in [3.63, 3.8) is 0 Å². The van der Waals surface area contributed by atoms with Crippen LogP contribution in [0.3, 0.4) is 0 Å². The van der Waals surface area contributed by atoms with Crippen LogP contribution in [-0.2, 0) is 6.42 Å². The third-order valence-corrected chi connectivity index (χ3v) is 5.17. The summed E-state index contributed by atoms with van der Waals surface area (Å²) in [5, 5.41) is 0. The molecule has 1 fully saturated rings. The molecule has 1 aromatic rings. The summed E-state index contributed by atoms with van der Waals surface area (Å²) in [6.45, 7) is 4.61. The Morgan fingerprint density at radius 1 is 1.37 bits per heavy atom. The van der Waals surface area contributed by atoms with Crippen LogP contribution in [0.2, 0.25) is 0 Å². The van der Waals surface area contributed by atoms with E-state index in [1.165, 1.54) is 18.4 Å². The van der Waals surface area contributed by atoms with Gasteiger partial charge in [-0.05, 0) is 64.7 Å². The van der Waals surface area contributed by atoms with Crippen LogP contribution in [0.4, 0.5) is 0 Å². The molecule has 0 aromatic heterocycles. The van der Waals surface area contributed by atoms with Gasteiger partial charge in [-0.25, -0.2) is 0 Å². The molecular formula is C16H24BrNO. The van der Waals surface area contributed by atoms with Gasteiger partial charge in [0.1, 0.15) is 5.75 Å². The van der Waals surface area contributed by atoms with E-state index < -0.39 is 0 Å². The van der Waals surface area contributed by atoms with Crippen LogP contribution in [0, 0.1) is 11.8 Å². The maximum atomic E-state index is 6.70. The molecule has 2 N–H and O–H groups in total. The fraction of sp³-hybridized carbons (Fsp3) is 0.625. The molecule has 106 valence electrons. The molecule has 3 unspecified atom stereocenters. The fourth-order valence-electron chi connectivity index (χ4n) is 3.22. The molecule has 0 aliphatic heterocycles. The van der Waals surface area contributed by atoms with Crippen molar-refractivity contribution in [2.75, 3.05) is 7.11 Å². The molecule has 0 bridgehead atoms.